The SMILES string of the molecule is COc1ccc(S(=O)(=O)N2CCC(C(=O)N(C)Cc3ccc(C)cc3)CC2)cc1OC. The number of methoxy groups -OCH3 is 2. The van der Waals surface area contributed by atoms with Crippen LogP contribution < -0.4 is 9.47 Å². The molecule has 168 valence electrons. The van der Waals surface area contributed by atoms with E-state index in [0.717, 1.165) is 5.56 Å². The van der Waals surface area contributed by atoms with Gasteiger partial charge in [0, 0.05) is 38.7 Å². The second-order valence-corrected chi connectivity index (χ2v) is 9.81. The molecular formula is C23H30N2O5S. The molecule has 7 nitrogen and oxygen atoms in total. The molecule has 1 aliphatic rings. The van der Waals surface area contributed by atoms with Gasteiger partial charge in [-0.1, -0.05) is 29.8 Å². The fourth-order valence-corrected chi connectivity index (χ4v) is 5.31. The van der Waals surface area contributed by atoms with Gasteiger partial charge in [-0.3, -0.25) is 4.79 Å². The van der Waals surface area contributed by atoms with Crippen molar-refractivity contribution >= 4 is 15.9 Å². The Morgan fingerprint density at radius 2 is 1.65 bits per heavy atom. The Bertz CT molecular complexity index is 1010. The molecule has 1 amide bonds. The molecule has 31 heavy (non-hydrogen) atoms. The number of hydrogen-bond acceptors (Lipinski definition) is 5. The molecule has 1 heterocycles. The third-order valence-electron chi connectivity index (χ3n) is 5.71. The molecule has 0 bridgehead atoms. The van der Waals surface area contributed by atoms with Crippen molar-refractivity contribution in [3.05, 3.63) is 53.6 Å². The summed E-state index contributed by atoms with van der Waals surface area (Å²) in [6, 6.07) is 12.7. The van der Waals surface area contributed by atoms with Gasteiger partial charge in [-0.2, -0.15) is 4.31 Å². The molecule has 1 fully saturated rings. The molecular weight excluding hydrogens is 416 g/mol. The highest BCUT2D eigenvalue weighted by atomic mass is 32.2. The van der Waals surface area contributed by atoms with E-state index in [1.54, 1.807) is 18.0 Å². The van der Waals surface area contributed by atoms with Crippen LogP contribution in [-0.4, -0.2) is 57.9 Å². The van der Waals surface area contributed by atoms with Crippen molar-refractivity contribution in [1.82, 2.24) is 9.21 Å². The minimum atomic E-state index is -3.67. The van der Waals surface area contributed by atoms with Crippen LogP contribution in [0.4, 0.5) is 0 Å². The number of nitrogens with zero attached hydrogens (tertiary/aromatic N) is 2. The van der Waals surface area contributed by atoms with E-state index in [0.29, 0.717) is 44.0 Å². The standard InChI is InChI=1S/C23H30N2O5S/c1-17-5-7-18(8-6-17)16-24(2)23(26)19-11-13-25(14-12-19)31(27,28)20-9-10-21(29-3)22(15-20)30-4/h5-10,15,19H,11-14,16H2,1-4H3. The first-order chi connectivity index (χ1) is 14.8. The average Bonchev–Trinajstić information content (AvgIpc) is 2.79. The Hall–Kier alpha value is -2.58. The lowest BCUT2D eigenvalue weighted by Gasteiger charge is -2.32. The summed E-state index contributed by atoms with van der Waals surface area (Å²) in [5.74, 6) is 0.727. The maximum Gasteiger partial charge on any atom is 0.243 e. The summed E-state index contributed by atoms with van der Waals surface area (Å²) in [6.07, 6.45) is 1.01. The Labute approximate surface area is 184 Å². The topological polar surface area (TPSA) is 76.2 Å². The molecule has 0 aliphatic carbocycles. The predicted octanol–water partition coefficient (Wildman–Crippen LogP) is 3.07. The molecule has 0 atom stereocenters. The third-order valence-corrected chi connectivity index (χ3v) is 7.61. The summed E-state index contributed by atoms with van der Waals surface area (Å²) in [7, 11) is 1.11. The van der Waals surface area contributed by atoms with Gasteiger partial charge in [-0.25, -0.2) is 8.42 Å². The van der Waals surface area contributed by atoms with E-state index < -0.39 is 10.0 Å². The van der Waals surface area contributed by atoms with Gasteiger partial charge in [-0.05, 0) is 37.5 Å². The number of ether oxygens (including phenoxy) is 2. The quantitative estimate of drug-likeness (QED) is 0.653. The van der Waals surface area contributed by atoms with E-state index in [1.165, 1.54) is 36.2 Å². The second kappa shape index (κ2) is 9.70. The van der Waals surface area contributed by atoms with Gasteiger partial charge >= 0.3 is 0 Å². The molecule has 0 unspecified atom stereocenters. The number of aryl methyl sites for hydroxylation is 1. The summed E-state index contributed by atoms with van der Waals surface area (Å²) in [4.78, 5) is 14.8. The summed E-state index contributed by atoms with van der Waals surface area (Å²) < 4.78 is 38.0. The number of amides is 1. The van der Waals surface area contributed by atoms with Crippen LogP contribution >= 0.6 is 0 Å². The van der Waals surface area contributed by atoms with E-state index in [9.17, 15) is 13.2 Å². The number of sulfonamides is 1. The van der Waals surface area contributed by atoms with Crippen LogP contribution in [0.5, 0.6) is 11.5 Å². The fraction of sp³-hybridized carbons (Fsp3) is 0.435. The molecule has 2 aromatic carbocycles. The Balaban J connectivity index is 1.62. The van der Waals surface area contributed by atoms with Crippen molar-refractivity contribution < 1.29 is 22.7 Å². The van der Waals surface area contributed by atoms with Crippen LogP contribution in [0.2, 0.25) is 0 Å². The fourth-order valence-electron chi connectivity index (χ4n) is 3.83. The van der Waals surface area contributed by atoms with E-state index in [2.05, 4.69) is 0 Å². The highest BCUT2D eigenvalue weighted by molar-refractivity contribution is 7.89. The van der Waals surface area contributed by atoms with Gasteiger partial charge in [0.25, 0.3) is 0 Å². The van der Waals surface area contributed by atoms with Crippen molar-refractivity contribution in [3.8, 4) is 11.5 Å². The molecule has 1 saturated heterocycles. The Morgan fingerprint density at radius 1 is 1.03 bits per heavy atom. The average molecular weight is 447 g/mol. The van der Waals surface area contributed by atoms with Crippen molar-refractivity contribution in [3.63, 3.8) is 0 Å². The van der Waals surface area contributed by atoms with Gasteiger partial charge in [0.1, 0.15) is 0 Å². The molecule has 0 aromatic heterocycles. The third kappa shape index (κ3) is 5.19. The normalized spacial score (nSPS) is 15.5. The molecule has 0 spiro atoms. The summed E-state index contributed by atoms with van der Waals surface area (Å²) in [5.41, 5.74) is 2.26. The van der Waals surface area contributed by atoms with E-state index in [1.807, 2.05) is 31.2 Å². The summed E-state index contributed by atoms with van der Waals surface area (Å²) in [5, 5.41) is 0. The largest absolute Gasteiger partial charge is 0.493 e. The number of hydrogen-bond donors (Lipinski definition) is 0. The van der Waals surface area contributed by atoms with Crippen LogP contribution in [0, 0.1) is 12.8 Å². The van der Waals surface area contributed by atoms with Crippen LogP contribution in [0.3, 0.4) is 0 Å². The Kier molecular flexibility index (Phi) is 7.23. The molecule has 1 aliphatic heterocycles. The highest BCUT2D eigenvalue weighted by Gasteiger charge is 2.33. The number of carbonyl (C=O) groups excluding carboxylic acids is 1. The van der Waals surface area contributed by atoms with Crippen molar-refractivity contribution in [2.75, 3.05) is 34.4 Å². The van der Waals surface area contributed by atoms with Crippen LogP contribution in [0.1, 0.15) is 24.0 Å². The van der Waals surface area contributed by atoms with Gasteiger partial charge in [0.2, 0.25) is 15.9 Å². The molecule has 0 radical (unpaired) electrons. The van der Waals surface area contributed by atoms with Gasteiger partial charge in [-0.15, -0.1) is 0 Å². The lowest BCUT2D eigenvalue weighted by atomic mass is 9.96. The number of benzene rings is 2. The first kappa shape index (κ1) is 23.1. The van der Waals surface area contributed by atoms with Gasteiger partial charge in [0.15, 0.2) is 11.5 Å². The molecule has 0 saturated carbocycles. The second-order valence-electron chi connectivity index (χ2n) is 7.88. The first-order valence-corrected chi connectivity index (χ1v) is 11.7. The molecule has 0 N–H and O–H groups in total. The molecule has 8 heteroatoms. The summed E-state index contributed by atoms with van der Waals surface area (Å²) >= 11 is 0. The zero-order valence-corrected chi connectivity index (χ0v) is 19.3. The zero-order chi connectivity index (χ0) is 22.6. The van der Waals surface area contributed by atoms with Gasteiger partial charge in [0.05, 0.1) is 19.1 Å². The van der Waals surface area contributed by atoms with Crippen molar-refractivity contribution in [2.24, 2.45) is 5.92 Å². The lowest BCUT2D eigenvalue weighted by Crippen LogP contribution is -2.43. The van der Waals surface area contributed by atoms with Gasteiger partial charge < -0.3 is 14.4 Å². The number of carbonyl (C=O) groups is 1. The lowest BCUT2D eigenvalue weighted by molar-refractivity contribution is -0.135. The maximum atomic E-state index is 13.1. The first-order valence-electron chi connectivity index (χ1n) is 10.3. The zero-order valence-electron chi connectivity index (χ0n) is 18.5. The minimum absolute atomic E-state index is 0.0590. The van der Waals surface area contributed by atoms with Crippen LogP contribution in [0.25, 0.3) is 0 Å². The highest BCUT2D eigenvalue weighted by Crippen LogP contribution is 2.32. The molecule has 3 rings (SSSR count). The van der Waals surface area contributed by atoms with Crippen molar-refractivity contribution in [1.29, 1.82) is 0 Å². The summed E-state index contributed by atoms with van der Waals surface area (Å²) in [6.45, 7) is 3.20. The maximum absolute atomic E-state index is 13.1. The van der Waals surface area contributed by atoms with Crippen LogP contribution in [-0.2, 0) is 21.4 Å². The van der Waals surface area contributed by atoms with Crippen molar-refractivity contribution in [2.45, 2.75) is 31.2 Å². The minimum Gasteiger partial charge on any atom is -0.493 e. The number of rotatable bonds is 7. The van der Waals surface area contributed by atoms with E-state index >= 15 is 0 Å². The number of piperidine rings is 1. The van der Waals surface area contributed by atoms with E-state index in [4.69, 9.17) is 9.47 Å². The molecule has 2 aromatic rings. The van der Waals surface area contributed by atoms with E-state index in [-0.39, 0.29) is 16.7 Å². The predicted molar refractivity (Wildman–Crippen MR) is 119 cm³/mol. The van der Waals surface area contributed by atoms with Crippen LogP contribution in [0.15, 0.2) is 47.4 Å². The Morgan fingerprint density at radius 3 is 2.23 bits per heavy atom. The monoisotopic (exact) mass is 446 g/mol. The smallest absolute Gasteiger partial charge is 0.243 e.